The summed E-state index contributed by atoms with van der Waals surface area (Å²) >= 11 is 0. The smallest absolute Gasteiger partial charge is 0.134 e. The zero-order valence-electron chi connectivity index (χ0n) is 13.6. The van der Waals surface area contributed by atoms with Gasteiger partial charge in [0.05, 0.1) is 12.5 Å². The quantitative estimate of drug-likeness (QED) is 0.714. The van der Waals surface area contributed by atoms with Crippen molar-refractivity contribution in [2.24, 2.45) is 0 Å². The first kappa shape index (κ1) is 15.4. The van der Waals surface area contributed by atoms with Crippen LogP contribution in [0.15, 0.2) is 69.2 Å². The average Bonchev–Trinajstić information content (AvgIpc) is 3.30. The molecule has 2 aromatic heterocycles. The van der Waals surface area contributed by atoms with Crippen LogP contribution in [-0.2, 0) is 0 Å². The number of rotatable bonds is 4. The summed E-state index contributed by atoms with van der Waals surface area (Å²) in [6.07, 6.45) is 13.3. The van der Waals surface area contributed by atoms with Crippen molar-refractivity contribution in [1.82, 2.24) is 0 Å². The highest BCUT2D eigenvalue weighted by Crippen LogP contribution is 2.66. The highest BCUT2D eigenvalue weighted by atomic mass is 31.1. The van der Waals surface area contributed by atoms with E-state index in [1.807, 2.05) is 12.1 Å². The highest BCUT2D eigenvalue weighted by Gasteiger charge is 2.40. The number of hydrogen-bond acceptors (Lipinski definition) is 2. The van der Waals surface area contributed by atoms with E-state index < -0.39 is 7.92 Å². The second-order valence-electron chi connectivity index (χ2n) is 6.38. The lowest BCUT2D eigenvalue weighted by atomic mass is 10.2. The van der Waals surface area contributed by atoms with Gasteiger partial charge in [0, 0.05) is 13.6 Å². The number of hydrogen-bond donors (Lipinski definition) is 0. The lowest BCUT2D eigenvalue weighted by molar-refractivity contribution is 0.592. The van der Waals surface area contributed by atoms with Crippen LogP contribution in [0.5, 0.6) is 0 Å². The van der Waals surface area contributed by atoms with E-state index in [4.69, 9.17) is 8.83 Å². The molecule has 23 heavy (non-hydrogen) atoms. The molecule has 3 atom stereocenters. The van der Waals surface area contributed by atoms with Crippen molar-refractivity contribution in [3.8, 4) is 0 Å². The standard InChI is InChI=1S/C19H22O2P2/c1-14-10-11-15(2)22(14)16-6-3-7-17(16)23(18-8-4-12-20-18)19-9-5-13-21-19/h3-9,12-15,17H,10-11H2,1-2H3/t14-,15-,17+/m0/s1. The molecule has 0 spiro atoms. The molecule has 0 amide bonds. The predicted molar refractivity (Wildman–Crippen MR) is 99.7 cm³/mol. The fourth-order valence-corrected chi connectivity index (χ4v) is 10.2. The van der Waals surface area contributed by atoms with E-state index in [0.717, 1.165) is 22.3 Å². The molecule has 1 saturated heterocycles. The van der Waals surface area contributed by atoms with Crippen LogP contribution in [0.3, 0.4) is 0 Å². The van der Waals surface area contributed by atoms with Crippen molar-refractivity contribution in [1.29, 1.82) is 0 Å². The molecule has 0 N–H and O–H groups in total. The third kappa shape index (κ3) is 2.77. The summed E-state index contributed by atoms with van der Waals surface area (Å²) in [7, 11) is -0.704. The second kappa shape index (κ2) is 6.42. The summed E-state index contributed by atoms with van der Waals surface area (Å²) in [6.45, 7) is 4.88. The van der Waals surface area contributed by atoms with E-state index >= 15 is 0 Å². The van der Waals surface area contributed by atoms with Gasteiger partial charge in [-0.25, -0.2) is 0 Å². The van der Waals surface area contributed by atoms with Gasteiger partial charge in [-0.3, -0.25) is 0 Å². The lowest BCUT2D eigenvalue weighted by Gasteiger charge is -2.30. The van der Waals surface area contributed by atoms with Gasteiger partial charge >= 0.3 is 0 Å². The van der Waals surface area contributed by atoms with Crippen LogP contribution in [-0.4, -0.2) is 17.0 Å². The molecule has 1 aliphatic carbocycles. The molecule has 0 saturated carbocycles. The SMILES string of the molecule is C[C@H]1CC[C@H](C)P1C1=CC=C[C@H]1P(c1ccco1)c1ccco1. The summed E-state index contributed by atoms with van der Waals surface area (Å²) in [5.41, 5.74) is 4.22. The zero-order chi connectivity index (χ0) is 15.8. The maximum Gasteiger partial charge on any atom is 0.134 e. The molecule has 3 heterocycles. The molecule has 4 heteroatoms. The molecular weight excluding hydrogens is 322 g/mol. The molecular formula is C19H22O2P2. The Morgan fingerprint density at radius 1 is 1.00 bits per heavy atom. The Balaban J connectivity index is 1.71. The van der Waals surface area contributed by atoms with Crippen molar-refractivity contribution in [2.75, 3.05) is 0 Å². The van der Waals surface area contributed by atoms with E-state index in [1.54, 1.807) is 17.8 Å². The Labute approximate surface area is 140 Å². The fourth-order valence-electron chi connectivity index (χ4n) is 3.81. The van der Waals surface area contributed by atoms with Gasteiger partial charge in [-0.1, -0.05) is 40.0 Å². The van der Waals surface area contributed by atoms with Gasteiger partial charge < -0.3 is 8.83 Å². The number of furan rings is 2. The molecule has 4 rings (SSSR count). The van der Waals surface area contributed by atoms with E-state index in [2.05, 4.69) is 44.2 Å². The monoisotopic (exact) mass is 344 g/mol. The van der Waals surface area contributed by atoms with Crippen molar-refractivity contribution in [3.63, 3.8) is 0 Å². The fraction of sp³-hybridized carbons (Fsp3) is 0.368. The molecule has 2 nitrogen and oxygen atoms in total. The third-order valence-corrected chi connectivity index (χ3v) is 11.0. The minimum Gasteiger partial charge on any atom is -0.464 e. The lowest BCUT2D eigenvalue weighted by Crippen LogP contribution is -2.20. The topological polar surface area (TPSA) is 26.3 Å². The van der Waals surface area contributed by atoms with E-state index in [1.165, 1.54) is 12.8 Å². The minimum absolute atomic E-state index is 0.0608. The molecule has 2 aromatic rings. The van der Waals surface area contributed by atoms with Crippen LogP contribution in [0.4, 0.5) is 0 Å². The highest BCUT2D eigenvalue weighted by molar-refractivity contribution is 7.75. The Kier molecular flexibility index (Phi) is 4.31. The van der Waals surface area contributed by atoms with Crippen LogP contribution in [0.2, 0.25) is 0 Å². The van der Waals surface area contributed by atoms with Crippen molar-refractivity contribution >= 4 is 26.8 Å². The van der Waals surface area contributed by atoms with Gasteiger partial charge in [0.15, 0.2) is 0 Å². The summed E-state index contributed by atoms with van der Waals surface area (Å²) in [5, 5.41) is 1.65. The Hall–Kier alpha value is -1.10. The van der Waals surface area contributed by atoms with Crippen LogP contribution in [0.1, 0.15) is 26.7 Å². The van der Waals surface area contributed by atoms with Gasteiger partial charge in [0.2, 0.25) is 0 Å². The normalized spacial score (nSPS) is 28.0. The molecule has 2 aliphatic rings. The molecule has 1 fully saturated rings. The summed E-state index contributed by atoms with van der Waals surface area (Å²) in [6, 6.07) is 8.18. The van der Waals surface area contributed by atoms with Gasteiger partial charge in [-0.2, -0.15) is 0 Å². The molecule has 0 unspecified atom stereocenters. The molecule has 120 valence electrons. The van der Waals surface area contributed by atoms with Gasteiger partial charge in [-0.15, -0.1) is 0 Å². The summed E-state index contributed by atoms with van der Waals surface area (Å²) < 4.78 is 11.6. The maximum absolute atomic E-state index is 5.81. The molecule has 0 aromatic carbocycles. The van der Waals surface area contributed by atoms with Crippen molar-refractivity contribution in [3.05, 3.63) is 60.3 Å². The zero-order valence-corrected chi connectivity index (χ0v) is 15.3. The first-order valence-corrected chi connectivity index (χ1v) is 11.2. The molecule has 0 bridgehead atoms. The average molecular weight is 344 g/mol. The van der Waals surface area contributed by atoms with Crippen LogP contribution in [0.25, 0.3) is 0 Å². The van der Waals surface area contributed by atoms with Gasteiger partial charge in [-0.05, 0) is 53.7 Å². The Bertz CT molecular complexity index is 656. The van der Waals surface area contributed by atoms with Gasteiger partial charge in [0.25, 0.3) is 0 Å². The Morgan fingerprint density at radius 3 is 2.13 bits per heavy atom. The van der Waals surface area contributed by atoms with E-state index in [9.17, 15) is 0 Å². The molecule has 0 radical (unpaired) electrons. The van der Waals surface area contributed by atoms with Crippen LogP contribution in [0, 0.1) is 0 Å². The van der Waals surface area contributed by atoms with E-state index in [0.29, 0.717) is 5.66 Å². The second-order valence-corrected chi connectivity index (χ2v) is 11.6. The van der Waals surface area contributed by atoms with Crippen molar-refractivity contribution < 1.29 is 8.83 Å². The van der Waals surface area contributed by atoms with Crippen LogP contribution >= 0.6 is 15.8 Å². The van der Waals surface area contributed by atoms with E-state index in [-0.39, 0.29) is 7.92 Å². The van der Waals surface area contributed by atoms with Crippen molar-refractivity contribution in [2.45, 2.75) is 43.7 Å². The largest absolute Gasteiger partial charge is 0.464 e. The maximum atomic E-state index is 5.81. The van der Waals surface area contributed by atoms with Gasteiger partial charge in [0.1, 0.15) is 11.0 Å². The Morgan fingerprint density at radius 2 is 1.61 bits per heavy atom. The predicted octanol–water partition coefficient (Wildman–Crippen LogP) is 5.18. The van der Waals surface area contributed by atoms with Crippen LogP contribution < -0.4 is 11.0 Å². The summed E-state index contributed by atoms with van der Waals surface area (Å²) in [5.74, 6) is 0. The molecule has 1 aliphatic heterocycles. The number of allylic oxidation sites excluding steroid dienone is 4. The summed E-state index contributed by atoms with van der Waals surface area (Å²) in [4.78, 5) is 0. The first-order chi connectivity index (χ1) is 11.3. The first-order valence-electron chi connectivity index (χ1n) is 8.28. The third-order valence-electron chi connectivity index (χ3n) is 4.88. The minimum atomic E-state index is -0.644.